The van der Waals surface area contributed by atoms with Gasteiger partial charge in [-0.25, -0.2) is 9.37 Å². The Labute approximate surface area is 167 Å². The fourth-order valence-electron chi connectivity index (χ4n) is 3.84. The Morgan fingerprint density at radius 1 is 1.14 bits per heavy atom. The minimum Gasteiger partial charge on any atom is -0.384 e. The van der Waals surface area contributed by atoms with Gasteiger partial charge in [-0.05, 0) is 73.7 Å². The molecule has 3 rings (SSSR count). The topological polar surface area (TPSA) is 75.0 Å². The van der Waals surface area contributed by atoms with Crippen molar-refractivity contribution in [2.75, 3.05) is 38.5 Å². The maximum absolute atomic E-state index is 13.2. The van der Waals surface area contributed by atoms with Gasteiger partial charge in [-0.15, -0.1) is 0 Å². The highest BCUT2D eigenvalue weighted by atomic mass is 19.1. The third-order valence-electron chi connectivity index (χ3n) is 5.37. The number of anilines is 1. The van der Waals surface area contributed by atoms with Crippen LogP contribution in [0.5, 0.6) is 0 Å². The van der Waals surface area contributed by atoms with Crippen LogP contribution >= 0.6 is 0 Å². The molecule has 1 aromatic carbocycles. The van der Waals surface area contributed by atoms with Crippen molar-refractivity contribution in [2.24, 2.45) is 5.92 Å². The molecule has 28 heavy (non-hydrogen) atoms. The summed E-state index contributed by atoms with van der Waals surface area (Å²) in [5.74, 6) is 0.971. The number of nitrogens with one attached hydrogen (secondary N) is 3. The Morgan fingerprint density at radius 3 is 2.86 bits per heavy atom. The van der Waals surface area contributed by atoms with E-state index in [0.29, 0.717) is 17.8 Å². The van der Waals surface area contributed by atoms with Crippen LogP contribution in [0.25, 0.3) is 0 Å². The molecule has 2 aromatic rings. The number of hydrogen-bond donors (Lipinski definition) is 4. The first-order chi connectivity index (χ1) is 13.6. The van der Waals surface area contributed by atoms with Crippen LogP contribution in [-0.4, -0.2) is 43.7 Å². The van der Waals surface area contributed by atoms with Crippen LogP contribution in [-0.2, 0) is 19.3 Å². The molecule has 1 aromatic heterocycles. The summed E-state index contributed by atoms with van der Waals surface area (Å²) in [7, 11) is 0. The third kappa shape index (κ3) is 6.26. The summed E-state index contributed by atoms with van der Waals surface area (Å²) in [6.07, 6.45) is 2.76. The van der Waals surface area contributed by atoms with Crippen molar-refractivity contribution in [1.82, 2.24) is 20.9 Å². The molecule has 1 aliphatic heterocycles. The number of aromatic nitrogens is 1. The molecule has 2 atom stereocenters. The molecule has 1 fully saturated rings. The average Bonchev–Trinajstić information content (AvgIpc) is 3.11. The Balaban J connectivity index is 1.37. The van der Waals surface area contributed by atoms with E-state index in [0.717, 1.165) is 63.2 Å². The van der Waals surface area contributed by atoms with Gasteiger partial charge >= 0.3 is 0 Å². The van der Waals surface area contributed by atoms with Crippen molar-refractivity contribution in [2.45, 2.75) is 32.2 Å². The summed E-state index contributed by atoms with van der Waals surface area (Å²) in [6, 6.07) is 11.4. The Bertz CT molecular complexity index is 751. The van der Waals surface area contributed by atoms with Gasteiger partial charge in [-0.2, -0.15) is 0 Å². The van der Waals surface area contributed by atoms with E-state index in [-0.39, 0.29) is 5.82 Å². The second kappa shape index (κ2) is 10.5. The molecule has 5 nitrogen and oxygen atoms in total. The summed E-state index contributed by atoms with van der Waals surface area (Å²) in [5, 5.41) is 10.6. The second-order valence-electron chi connectivity index (χ2n) is 7.56. The van der Waals surface area contributed by atoms with Crippen molar-refractivity contribution < 1.29 is 4.39 Å². The predicted molar refractivity (Wildman–Crippen MR) is 113 cm³/mol. The fourth-order valence-corrected chi connectivity index (χ4v) is 3.84. The molecule has 0 radical (unpaired) electrons. The van der Waals surface area contributed by atoms with Crippen molar-refractivity contribution in [3.05, 3.63) is 59.0 Å². The lowest BCUT2D eigenvalue weighted by molar-refractivity contribution is 0.419. The van der Waals surface area contributed by atoms with E-state index in [9.17, 15) is 4.39 Å². The lowest BCUT2D eigenvalue weighted by atomic mass is 9.96. The van der Waals surface area contributed by atoms with Gasteiger partial charge in [0.2, 0.25) is 0 Å². The molecule has 0 spiro atoms. The molecule has 2 heterocycles. The molecule has 1 aliphatic rings. The molecule has 0 bridgehead atoms. The summed E-state index contributed by atoms with van der Waals surface area (Å²) in [5.41, 5.74) is 9.32. The minimum absolute atomic E-state index is 0.167. The van der Waals surface area contributed by atoms with Gasteiger partial charge in [0.1, 0.15) is 11.6 Å². The van der Waals surface area contributed by atoms with E-state index < -0.39 is 0 Å². The first-order valence-corrected chi connectivity index (χ1v) is 10.3. The molecule has 0 saturated carbocycles. The molecule has 152 valence electrons. The van der Waals surface area contributed by atoms with E-state index in [4.69, 9.17) is 5.73 Å². The summed E-state index contributed by atoms with van der Waals surface area (Å²) in [6.45, 7) is 6.79. The van der Waals surface area contributed by atoms with Gasteiger partial charge in [-0.1, -0.05) is 19.1 Å². The molecule has 6 heteroatoms. The SMILES string of the molecule is CCc1cc(N)nc(C[C@@H]2CNC[C@@H]2NCCNCCc2cccc(F)c2)c1. The lowest BCUT2D eigenvalue weighted by Gasteiger charge is -2.20. The highest BCUT2D eigenvalue weighted by Gasteiger charge is 2.27. The average molecular weight is 386 g/mol. The van der Waals surface area contributed by atoms with Crippen LogP contribution in [0.15, 0.2) is 36.4 Å². The quantitative estimate of drug-likeness (QED) is 0.470. The maximum Gasteiger partial charge on any atom is 0.123 e. The zero-order chi connectivity index (χ0) is 19.8. The Kier molecular flexibility index (Phi) is 7.77. The number of halogens is 1. The number of pyridine rings is 1. The Morgan fingerprint density at radius 2 is 2.04 bits per heavy atom. The number of aryl methyl sites for hydroxylation is 1. The van der Waals surface area contributed by atoms with Crippen molar-refractivity contribution in [3.63, 3.8) is 0 Å². The smallest absolute Gasteiger partial charge is 0.123 e. The van der Waals surface area contributed by atoms with Gasteiger partial charge < -0.3 is 21.7 Å². The van der Waals surface area contributed by atoms with Crippen LogP contribution in [0.4, 0.5) is 10.2 Å². The van der Waals surface area contributed by atoms with Crippen LogP contribution in [0, 0.1) is 11.7 Å². The first kappa shape index (κ1) is 20.7. The molecule has 0 amide bonds. The summed E-state index contributed by atoms with van der Waals surface area (Å²) < 4.78 is 13.2. The lowest BCUT2D eigenvalue weighted by Crippen LogP contribution is -2.40. The fraction of sp³-hybridized carbons (Fsp3) is 0.500. The van der Waals surface area contributed by atoms with Gasteiger partial charge in [0, 0.05) is 31.4 Å². The largest absolute Gasteiger partial charge is 0.384 e. The monoisotopic (exact) mass is 385 g/mol. The minimum atomic E-state index is -0.167. The third-order valence-corrected chi connectivity index (χ3v) is 5.37. The molecular weight excluding hydrogens is 353 g/mol. The van der Waals surface area contributed by atoms with Gasteiger partial charge in [0.25, 0.3) is 0 Å². The molecule has 1 saturated heterocycles. The van der Waals surface area contributed by atoms with E-state index >= 15 is 0 Å². The number of nitrogens with two attached hydrogens (primary N) is 1. The van der Waals surface area contributed by atoms with E-state index in [1.165, 1.54) is 11.6 Å². The van der Waals surface area contributed by atoms with E-state index in [2.05, 4.69) is 33.9 Å². The second-order valence-corrected chi connectivity index (χ2v) is 7.56. The number of benzene rings is 1. The van der Waals surface area contributed by atoms with E-state index in [1.807, 2.05) is 12.1 Å². The summed E-state index contributed by atoms with van der Waals surface area (Å²) in [4.78, 5) is 4.52. The molecular formula is C22H32FN5. The molecule has 5 N–H and O–H groups in total. The van der Waals surface area contributed by atoms with Crippen LogP contribution in [0.3, 0.4) is 0 Å². The predicted octanol–water partition coefficient (Wildman–Crippen LogP) is 1.92. The zero-order valence-corrected chi connectivity index (χ0v) is 16.7. The number of nitrogen functional groups attached to an aromatic ring is 1. The number of hydrogen-bond acceptors (Lipinski definition) is 5. The van der Waals surface area contributed by atoms with Crippen LogP contribution in [0.1, 0.15) is 23.7 Å². The maximum atomic E-state index is 13.2. The molecule has 0 aliphatic carbocycles. The van der Waals surface area contributed by atoms with Gasteiger partial charge in [0.05, 0.1) is 0 Å². The number of rotatable bonds is 10. The van der Waals surface area contributed by atoms with Gasteiger partial charge in [0.15, 0.2) is 0 Å². The van der Waals surface area contributed by atoms with Crippen molar-refractivity contribution in [1.29, 1.82) is 0 Å². The highest BCUT2D eigenvalue weighted by molar-refractivity contribution is 5.35. The van der Waals surface area contributed by atoms with Crippen LogP contribution < -0.4 is 21.7 Å². The highest BCUT2D eigenvalue weighted by Crippen LogP contribution is 2.17. The molecule has 0 unspecified atom stereocenters. The first-order valence-electron chi connectivity index (χ1n) is 10.3. The zero-order valence-electron chi connectivity index (χ0n) is 16.7. The Hall–Kier alpha value is -2.02. The normalized spacial score (nSPS) is 19.2. The van der Waals surface area contributed by atoms with Gasteiger partial charge in [-0.3, -0.25) is 0 Å². The van der Waals surface area contributed by atoms with Crippen molar-refractivity contribution in [3.8, 4) is 0 Å². The van der Waals surface area contributed by atoms with E-state index in [1.54, 1.807) is 12.1 Å². The van der Waals surface area contributed by atoms with Crippen molar-refractivity contribution >= 4 is 5.82 Å². The summed E-state index contributed by atoms with van der Waals surface area (Å²) >= 11 is 0. The van der Waals surface area contributed by atoms with Crippen LogP contribution in [0.2, 0.25) is 0 Å². The number of nitrogens with zero attached hydrogens (tertiary/aromatic N) is 1. The standard InChI is InChI=1S/C22H32FN5/c1-2-16-11-20(28-22(24)12-16)13-18-14-26-15-21(18)27-9-8-25-7-6-17-4-3-5-19(23)10-17/h3-5,10-12,18,21,25-27H,2,6-9,13-15H2,1H3,(H2,24,28)/t18-,21+/m1/s1.